The van der Waals surface area contributed by atoms with Crippen LogP contribution in [0.1, 0.15) is 52.9 Å². The summed E-state index contributed by atoms with van der Waals surface area (Å²) >= 11 is 2.68. The van der Waals surface area contributed by atoms with E-state index in [4.69, 9.17) is 9.26 Å². The van der Waals surface area contributed by atoms with E-state index in [1.54, 1.807) is 13.8 Å². The Morgan fingerprint density at radius 1 is 1.21 bits per heavy atom. The number of rotatable bonds is 5. The zero-order valence-corrected chi connectivity index (χ0v) is 19.7. The molecular formula is C23H18N4O5S2. The van der Waals surface area contributed by atoms with Gasteiger partial charge in [0.15, 0.2) is 22.1 Å². The topological polar surface area (TPSA) is 127 Å². The number of carbonyl (C=O) groups excluding carboxylic acids is 1. The highest BCUT2D eigenvalue weighted by Crippen LogP contribution is 2.51. The Labute approximate surface area is 201 Å². The number of carbonyl (C=O) groups is 2. The lowest BCUT2D eigenvalue weighted by molar-refractivity contribution is -0.140. The molecule has 1 atom stereocenters. The second-order valence-corrected chi connectivity index (χ2v) is 10.1. The highest BCUT2D eigenvalue weighted by molar-refractivity contribution is 7.38. The van der Waals surface area contributed by atoms with Gasteiger partial charge < -0.3 is 14.4 Å². The van der Waals surface area contributed by atoms with E-state index in [-0.39, 0.29) is 5.69 Å². The number of thiazole rings is 2. The van der Waals surface area contributed by atoms with Crippen molar-refractivity contribution in [3.63, 3.8) is 0 Å². The Bertz CT molecular complexity index is 1430. The number of fused-ring (bicyclic) bond motifs is 1. The van der Waals surface area contributed by atoms with Gasteiger partial charge in [0.25, 0.3) is 0 Å². The molecule has 34 heavy (non-hydrogen) atoms. The fourth-order valence-electron chi connectivity index (χ4n) is 3.35. The monoisotopic (exact) mass is 494 g/mol. The van der Waals surface area contributed by atoms with E-state index < -0.39 is 23.6 Å². The number of aromatic nitrogens is 3. The highest BCUT2D eigenvalue weighted by atomic mass is 32.2. The smallest absolute Gasteiger partial charge is 0.412 e. The van der Waals surface area contributed by atoms with E-state index >= 15 is 0 Å². The van der Waals surface area contributed by atoms with Crippen molar-refractivity contribution in [1.29, 1.82) is 0 Å². The number of amides is 1. The summed E-state index contributed by atoms with van der Waals surface area (Å²) in [5.41, 5.74) is 1.10. The van der Waals surface area contributed by atoms with Gasteiger partial charge in [-0.05, 0) is 44.1 Å². The second-order valence-electron chi connectivity index (χ2n) is 7.83. The molecule has 3 aromatic heterocycles. The van der Waals surface area contributed by atoms with E-state index in [0.29, 0.717) is 40.0 Å². The van der Waals surface area contributed by atoms with Crippen molar-refractivity contribution in [3.8, 4) is 11.8 Å². The highest BCUT2D eigenvalue weighted by Gasteiger charge is 2.54. The normalized spacial score (nSPS) is 14.8. The summed E-state index contributed by atoms with van der Waals surface area (Å²) in [6.45, 7) is 3.45. The molecule has 0 aliphatic heterocycles. The van der Waals surface area contributed by atoms with Crippen LogP contribution in [0.3, 0.4) is 0 Å². The molecule has 3 heterocycles. The van der Waals surface area contributed by atoms with Gasteiger partial charge in [-0.3, -0.25) is 10.1 Å². The molecule has 0 saturated heterocycles. The molecule has 1 fully saturated rings. The van der Waals surface area contributed by atoms with Crippen molar-refractivity contribution < 1.29 is 24.0 Å². The molecule has 1 amide bonds. The van der Waals surface area contributed by atoms with Crippen LogP contribution in [0.4, 0.5) is 10.5 Å². The van der Waals surface area contributed by atoms with Crippen molar-refractivity contribution >= 4 is 50.1 Å². The van der Waals surface area contributed by atoms with Gasteiger partial charge in [0.1, 0.15) is 26.2 Å². The Morgan fingerprint density at radius 3 is 2.65 bits per heavy atom. The Hall–Kier alpha value is -3.75. The first-order valence-corrected chi connectivity index (χ1v) is 12.0. The van der Waals surface area contributed by atoms with Gasteiger partial charge in [-0.25, -0.2) is 14.8 Å². The number of anilines is 1. The van der Waals surface area contributed by atoms with Crippen molar-refractivity contribution in [2.45, 2.75) is 38.2 Å². The first-order valence-electron chi connectivity index (χ1n) is 10.4. The largest absolute Gasteiger partial charge is 0.481 e. The summed E-state index contributed by atoms with van der Waals surface area (Å²) in [4.78, 5) is 32.8. The number of nitrogens with zero attached hydrogens (tertiary/aromatic N) is 3. The maximum absolute atomic E-state index is 12.4. The SMILES string of the molecule is Cc1onc(C#Cc2nc3nc(C4(C(=O)O)CC4)sc3s2)c1NC(=O)OC(C)c1ccccc1. The van der Waals surface area contributed by atoms with Crippen LogP contribution >= 0.6 is 22.7 Å². The van der Waals surface area contributed by atoms with Crippen molar-refractivity contribution in [2.24, 2.45) is 0 Å². The number of hydrogen-bond donors (Lipinski definition) is 2. The number of aliphatic carboxylic acids is 1. The van der Waals surface area contributed by atoms with Gasteiger partial charge in [-0.15, -0.1) is 11.3 Å². The van der Waals surface area contributed by atoms with Crippen LogP contribution in [-0.4, -0.2) is 32.3 Å². The second kappa shape index (κ2) is 8.55. The van der Waals surface area contributed by atoms with Crippen LogP contribution in [-0.2, 0) is 14.9 Å². The Kier molecular flexibility index (Phi) is 5.55. The molecule has 172 valence electrons. The molecule has 11 heteroatoms. The van der Waals surface area contributed by atoms with Crippen LogP contribution in [0.2, 0.25) is 0 Å². The van der Waals surface area contributed by atoms with Crippen LogP contribution in [0.5, 0.6) is 0 Å². The summed E-state index contributed by atoms with van der Waals surface area (Å²) in [7, 11) is 0. The molecule has 1 unspecified atom stereocenters. The number of ether oxygens (including phenoxy) is 1. The first kappa shape index (κ1) is 22.1. The average molecular weight is 495 g/mol. The summed E-state index contributed by atoms with van der Waals surface area (Å²) in [5.74, 6) is 5.34. The maximum Gasteiger partial charge on any atom is 0.412 e. The average Bonchev–Trinajstić information content (AvgIpc) is 3.26. The minimum Gasteiger partial charge on any atom is -0.481 e. The molecule has 2 N–H and O–H groups in total. The zero-order chi connectivity index (χ0) is 23.9. The number of benzene rings is 1. The number of carboxylic acids is 1. The lowest BCUT2D eigenvalue weighted by Crippen LogP contribution is -2.18. The third-order valence-electron chi connectivity index (χ3n) is 5.48. The fraction of sp³-hybridized carbons (Fsp3) is 0.261. The van der Waals surface area contributed by atoms with Crippen LogP contribution < -0.4 is 5.32 Å². The van der Waals surface area contributed by atoms with E-state index in [1.807, 2.05) is 30.3 Å². The lowest BCUT2D eigenvalue weighted by Gasteiger charge is -2.13. The molecule has 0 bridgehead atoms. The van der Waals surface area contributed by atoms with Gasteiger partial charge >= 0.3 is 12.1 Å². The van der Waals surface area contributed by atoms with Gasteiger partial charge in [0, 0.05) is 0 Å². The predicted molar refractivity (Wildman–Crippen MR) is 126 cm³/mol. The lowest BCUT2D eigenvalue weighted by atomic mass is 10.1. The molecule has 1 saturated carbocycles. The molecule has 9 nitrogen and oxygen atoms in total. The third-order valence-corrected chi connectivity index (χ3v) is 7.77. The third kappa shape index (κ3) is 4.13. The summed E-state index contributed by atoms with van der Waals surface area (Å²) < 4.78 is 11.5. The van der Waals surface area contributed by atoms with Crippen molar-refractivity contribution in [1.82, 2.24) is 15.1 Å². The number of carboxylic acid groups (broad SMARTS) is 1. The molecular weight excluding hydrogens is 476 g/mol. The van der Waals surface area contributed by atoms with Gasteiger partial charge in [0.2, 0.25) is 0 Å². The predicted octanol–water partition coefficient (Wildman–Crippen LogP) is 4.87. The summed E-state index contributed by atoms with van der Waals surface area (Å²) in [5, 5.41) is 17.1. The molecule has 1 aliphatic rings. The van der Waals surface area contributed by atoms with Gasteiger partial charge in [0.05, 0.1) is 0 Å². The standard InChI is InChI=1S/C23H18N4O5S2/c1-12(14-6-4-3-5-7-14)31-22(30)25-17-13(2)32-27-15(17)8-9-16-24-18-19(33-16)34-20(26-18)23(10-11-23)21(28)29/h3-7,12H,10-11H2,1-2H3,(H,25,30)(H,28,29). The van der Waals surface area contributed by atoms with Crippen LogP contribution in [0, 0.1) is 18.8 Å². The maximum atomic E-state index is 12.4. The van der Waals surface area contributed by atoms with Crippen LogP contribution in [0.25, 0.3) is 9.66 Å². The molecule has 1 aromatic carbocycles. The molecule has 4 aromatic rings. The minimum atomic E-state index is -0.845. The summed E-state index contributed by atoms with van der Waals surface area (Å²) in [6.07, 6.45) is 0.116. The Balaban J connectivity index is 1.30. The van der Waals surface area contributed by atoms with Gasteiger partial charge in [-0.2, -0.15) is 0 Å². The van der Waals surface area contributed by atoms with Gasteiger partial charge in [-0.1, -0.05) is 46.8 Å². The summed E-state index contributed by atoms with van der Waals surface area (Å²) in [6, 6.07) is 9.40. The molecule has 0 radical (unpaired) electrons. The Morgan fingerprint density at radius 2 is 1.97 bits per heavy atom. The number of hydrogen-bond acceptors (Lipinski definition) is 9. The van der Waals surface area contributed by atoms with Crippen molar-refractivity contribution in [2.75, 3.05) is 5.32 Å². The number of nitrogens with one attached hydrogen (secondary N) is 1. The van der Waals surface area contributed by atoms with E-state index in [0.717, 1.165) is 9.58 Å². The van der Waals surface area contributed by atoms with Crippen LogP contribution in [0.15, 0.2) is 34.9 Å². The first-order chi connectivity index (χ1) is 16.4. The minimum absolute atomic E-state index is 0.247. The van der Waals surface area contributed by atoms with E-state index in [9.17, 15) is 14.7 Å². The molecule has 1 aliphatic carbocycles. The molecule has 0 spiro atoms. The van der Waals surface area contributed by atoms with E-state index in [1.165, 1.54) is 22.7 Å². The number of aryl methyl sites for hydroxylation is 1. The quantitative estimate of drug-likeness (QED) is 0.376. The van der Waals surface area contributed by atoms with Crippen molar-refractivity contribution in [3.05, 3.63) is 57.4 Å². The van der Waals surface area contributed by atoms with E-state index in [2.05, 4.69) is 32.3 Å². The molecule has 5 rings (SSSR count). The fourth-order valence-corrected chi connectivity index (χ4v) is 5.56. The zero-order valence-electron chi connectivity index (χ0n) is 18.1.